The molecule has 7 heteroatoms. The lowest BCUT2D eigenvalue weighted by Gasteiger charge is -2.22. The predicted octanol–water partition coefficient (Wildman–Crippen LogP) is 3.75. The fourth-order valence-corrected chi connectivity index (χ4v) is 4.20. The number of amides is 3. The quantitative estimate of drug-likeness (QED) is 0.577. The Morgan fingerprint density at radius 2 is 1.75 bits per heavy atom. The normalized spacial score (nSPS) is 15.2. The fraction of sp³-hybridized carbons (Fsp3) is 0.400. The molecule has 0 aliphatic heterocycles. The van der Waals surface area contributed by atoms with Crippen molar-refractivity contribution in [3.63, 3.8) is 0 Å². The van der Waals surface area contributed by atoms with E-state index in [2.05, 4.69) is 10.6 Å². The van der Waals surface area contributed by atoms with Gasteiger partial charge in [0.2, 0.25) is 11.8 Å². The zero-order chi connectivity index (χ0) is 22.5. The van der Waals surface area contributed by atoms with Crippen molar-refractivity contribution in [1.29, 1.82) is 0 Å². The van der Waals surface area contributed by atoms with Crippen molar-refractivity contribution in [2.75, 3.05) is 16.8 Å². The lowest BCUT2D eigenvalue weighted by molar-refractivity contribution is -0.129. The van der Waals surface area contributed by atoms with Crippen molar-refractivity contribution in [3.05, 3.63) is 65.2 Å². The average Bonchev–Trinajstić information content (AvgIpc) is 3.67. The number of carbonyl (C=O) groups is 3. The van der Waals surface area contributed by atoms with Crippen LogP contribution < -0.4 is 10.6 Å². The summed E-state index contributed by atoms with van der Waals surface area (Å²) in [4.78, 5) is 39.1. The van der Waals surface area contributed by atoms with Gasteiger partial charge in [-0.1, -0.05) is 24.3 Å². The molecule has 0 heterocycles. The fourth-order valence-electron chi connectivity index (χ4n) is 3.50. The Hall–Kier alpha value is -2.80. The summed E-state index contributed by atoms with van der Waals surface area (Å²) in [7, 11) is 0. The highest BCUT2D eigenvalue weighted by atomic mass is 32.2. The monoisotopic (exact) mass is 451 g/mol. The minimum absolute atomic E-state index is 0.0329. The molecule has 0 bridgehead atoms. The lowest BCUT2D eigenvalue weighted by Crippen LogP contribution is -2.34. The summed E-state index contributed by atoms with van der Waals surface area (Å²) in [5.41, 5.74) is 3.52. The van der Waals surface area contributed by atoms with Gasteiger partial charge in [-0.3, -0.25) is 14.4 Å². The van der Waals surface area contributed by atoms with Gasteiger partial charge in [0.1, 0.15) is 0 Å². The zero-order valence-electron chi connectivity index (χ0n) is 18.3. The Bertz CT molecular complexity index is 984. The lowest BCUT2D eigenvalue weighted by atomic mass is 10.1. The molecule has 2 N–H and O–H groups in total. The molecule has 0 aromatic heterocycles. The first-order valence-corrected chi connectivity index (χ1v) is 12.3. The Morgan fingerprint density at radius 3 is 2.41 bits per heavy atom. The highest BCUT2D eigenvalue weighted by Crippen LogP contribution is 2.29. The molecule has 2 aliphatic carbocycles. The highest BCUT2D eigenvalue weighted by molar-refractivity contribution is 8.00. The summed E-state index contributed by atoms with van der Waals surface area (Å²) >= 11 is 1.34. The van der Waals surface area contributed by atoms with Crippen molar-refractivity contribution in [2.45, 2.75) is 51.2 Å². The minimum Gasteiger partial charge on any atom is -0.349 e. The van der Waals surface area contributed by atoms with Gasteiger partial charge in [-0.05, 0) is 68.0 Å². The smallest absolute Gasteiger partial charge is 0.251 e. The van der Waals surface area contributed by atoms with E-state index < -0.39 is 0 Å². The van der Waals surface area contributed by atoms with E-state index in [-0.39, 0.29) is 35.3 Å². The van der Waals surface area contributed by atoms with Crippen molar-refractivity contribution in [1.82, 2.24) is 10.2 Å². The van der Waals surface area contributed by atoms with Gasteiger partial charge in [0.25, 0.3) is 5.91 Å². The second-order valence-corrected chi connectivity index (χ2v) is 9.59. The maximum Gasteiger partial charge on any atom is 0.251 e. The van der Waals surface area contributed by atoms with Crippen LogP contribution >= 0.6 is 11.8 Å². The van der Waals surface area contributed by atoms with E-state index in [0.717, 1.165) is 42.5 Å². The third kappa shape index (κ3) is 6.60. The van der Waals surface area contributed by atoms with Crippen LogP contribution in [0.15, 0.2) is 48.5 Å². The van der Waals surface area contributed by atoms with E-state index >= 15 is 0 Å². The molecule has 0 atom stereocenters. The van der Waals surface area contributed by atoms with Crippen LogP contribution in [0.4, 0.5) is 5.69 Å². The zero-order valence-corrected chi connectivity index (χ0v) is 19.1. The number of nitrogens with zero attached hydrogens (tertiary/aromatic N) is 1. The summed E-state index contributed by atoms with van der Waals surface area (Å²) in [6.07, 6.45) is 4.17. The van der Waals surface area contributed by atoms with Crippen molar-refractivity contribution >= 4 is 35.2 Å². The van der Waals surface area contributed by atoms with E-state index in [4.69, 9.17) is 0 Å². The summed E-state index contributed by atoms with van der Waals surface area (Å²) < 4.78 is 0. The van der Waals surface area contributed by atoms with Crippen LogP contribution in [0.1, 0.15) is 47.2 Å². The third-order valence-electron chi connectivity index (χ3n) is 5.55. The van der Waals surface area contributed by atoms with Crippen LogP contribution in [0.25, 0.3) is 0 Å². The molecule has 0 radical (unpaired) electrons. The van der Waals surface area contributed by atoms with Gasteiger partial charge in [0.15, 0.2) is 0 Å². The van der Waals surface area contributed by atoms with Crippen LogP contribution in [0, 0.1) is 6.92 Å². The highest BCUT2D eigenvalue weighted by Gasteiger charge is 2.32. The van der Waals surface area contributed by atoms with Crippen LogP contribution in [0.3, 0.4) is 0 Å². The molecule has 3 amide bonds. The number of benzene rings is 2. The summed E-state index contributed by atoms with van der Waals surface area (Å²) in [6.45, 7) is 2.51. The molecule has 0 unspecified atom stereocenters. The van der Waals surface area contributed by atoms with E-state index in [1.54, 1.807) is 0 Å². The Morgan fingerprint density at radius 1 is 1.00 bits per heavy atom. The van der Waals surface area contributed by atoms with Gasteiger partial charge in [-0.15, -0.1) is 11.8 Å². The van der Waals surface area contributed by atoms with Crippen LogP contribution in [0.5, 0.6) is 0 Å². The number of thioether (sulfide) groups is 1. The summed E-state index contributed by atoms with van der Waals surface area (Å²) in [5.74, 6) is 0.431. The summed E-state index contributed by atoms with van der Waals surface area (Å²) in [5, 5.41) is 5.86. The van der Waals surface area contributed by atoms with Gasteiger partial charge in [-0.25, -0.2) is 0 Å². The molecule has 2 saturated carbocycles. The molecule has 6 nitrogen and oxygen atoms in total. The maximum absolute atomic E-state index is 12.8. The minimum atomic E-state index is -0.105. The number of hydrogen-bond acceptors (Lipinski definition) is 4. The SMILES string of the molecule is Cc1cccc(NC(=O)CSCC(=O)N(Cc2ccc(C(=O)NC3CC3)cc2)C2CC2)c1. The molecule has 2 aliphatic rings. The van der Waals surface area contributed by atoms with Crippen LogP contribution in [-0.4, -0.2) is 46.2 Å². The topological polar surface area (TPSA) is 78.5 Å². The number of aryl methyl sites for hydroxylation is 1. The average molecular weight is 452 g/mol. The number of hydrogen-bond donors (Lipinski definition) is 2. The second-order valence-electron chi connectivity index (χ2n) is 8.61. The van der Waals surface area contributed by atoms with Crippen LogP contribution in [-0.2, 0) is 16.1 Å². The van der Waals surface area contributed by atoms with E-state index in [1.165, 1.54) is 11.8 Å². The largest absolute Gasteiger partial charge is 0.349 e. The van der Waals surface area contributed by atoms with Crippen LogP contribution in [0.2, 0.25) is 0 Å². The molecule has 2 aromatic carbocycles. The number of rotatable bonds is 10. The maximum atomic E-state index is 12.8. The Balaban J connectivity index is 1.24. The molecule has 2 aromatic rings. The van der Waals surface area contributed by atoms with Gasteiger partial charge in [-0.2, -0.15) is 0 Å². The summed E-state index contributed by atoms with van der Waals surface area (Å²) in [6, 6.07) is 15.8. The first-order valence-electron chi connectivity index (χ1n) is 11.1. The van der Waals surface area contributed by atoms with Gasteiger partial charge >= 0.3 is 0 Å². The first-order chi connectivity index (χ1) is 15.5. The van der Waals surface area contributed by atoms with E-state index in [1.807, 2.05) is 60.4 Å². The van der Waals surface area contributed by atoms with Crippen molar-refractivity contribution < 1.29 is 14.4 Å². The first kappa shape index (κ1) is 22.4. The van der Waals surface area contributed by atoms with Crippen molar-refractivity contribution in [2.24, 2.45) is 0 Å². The van der Waals surface area contributed by atoms with Gasteiger partial charge in [0, 0.05) is 29.9 Å². The molecule has 0 saturated heterocycles. The molecular formula is C25H29N3O3S. The Kier molecular flexibility index (Phi) is 7.15. The van der Waals surface area contributed by atoms with Crippen molar-refractivity contribution in [3.8, 4) is 0 Å². The third-order valence-corrected chi connectivity index (χ3v) is 6.47. The second kappa shape index (κ2) is 10.2. The van der Waals surface area contributed by atoms with E-state index in [9.17, 15) is 14.4 Å². The van der Waals surface area contributed by atoms with E-state index in [0.29, 0.717) is 18.2 Å². The number of nitrogens with one attached hydrogen (secondary N) is 2. The molecular weight excluding hydrogens is 422 g/mol. The standard InChI is InChI=1S/C25H29N3O3S/c1-17-3-2-4-21(13-17)26-23(29)15-32-16-24(30)28(22-11-12-22)14-18-5-7-19(8-6-18)25(31)27-20-9-10-20/h2-8,13,20,22H,9-12,14-16H2,1H3,(H,26,29)(H,27,31). The molecule has 0 spiro atoms. The molecule has 168 valence electrons. The Labute approximate surface area is 193 Å². The predicted molar refractivity (Wildman–Crippen MR) is 128 cm³/mol. The number of anilines is 1. The number of carbonyl (C=O) groups excluding carboxylic acids is 3. The van der Waals surface area contributed by atoms with Gasteiger partial charge < -0.3 is 15.5 Å². The molecule has 2 fully saturated rings. The molecule has 32 heavy (non-hydrogen) atoms. The molecule has 4 rings (SSSR count). The van der Waals surface area contributed by atoms with Gasteiger partial charge in [0.05, 0.1) is 11.5 Å².